The largest absolute Gasteiger partial charge is 0.507 e. The molecule has 0 aromatic heterocycles. The predicted molar refractivity (Wildman–Crippen MR) is 84.6 cm³/mol. The molecule has 126 valence electrons. The second kappa shape index (κ2) is 6.96. The Hall–Kier alpha value is -3.14. The molecular weight excluding hydrogens is 312 g/mol. The molecule has 1 aliphatic rings. The van der Waals surface area contributed by atoms with Gasteiger partial charge in [0.1, 0.15) is 28.9 Å². The van der Waals surface area contributed by atoms with E-state index in [0.717, 1.165) is 0 Å². The zero-order valence-corrected chi connectivity index (χ0v) is 13.6. The zero-order valence-electron chi connectivity index (χ0n) is 13.6. The van der Waals surface area contributed by atoms with Crippen LogP contribution < -0.4 is 10.5 Å². The van der Waals surface area contributed by atoms with E-state index in [-0.39, 0.29) is 35.1 Å². The summed E-state index contributed by atoms with van der Waals surface area (Å²) >= 11 is 0. The fourth-order valence-corrected chi connectivity index (χ4v) is 2.56. The van der Waals surface area contributed by atoms with Gasteiger partial charge in [0.2, 0.25) is 5.88 Å². The Bertz CT molecular complexity index is 774. The number of nitriles is 1. The Morgan fingerprint density at radius 1 is 1.50 bits per heavy atom. The second-order valence-corrected chi connectivity index (χ2v) is 5.04. The number of carbonyl (C=O) groups excluding carboxylic acids is 1. The smallest absolute Gasteiger partial charge is 0.338 e. The van der Waals surface area contributed by atoms with E-state index in [2.05, 4.69) is 0 Å². The predicted octanol–water partition coefficient (Wildman–Crippen LogP) is 2.05. The lowest BCUT2D eigenvalue weighted by molar-refractivity contribution is -0.139. The fraction of sp³-hybridized carbons (Fsp3) is 0.294. The van der Waals surface area contributed by atoms with Gasteiger partial charge in [-0.2, -0.15) is 5.26 Å². The molecule has 0 fully saturated rings. The average molecular weight is 330 g/mol. The molecule has 0 amide bonds. The van der Waals surface area contributed by atoms with Gasteiger partial charge >= 0.3 is 5.97 Å². The van der Waals surface area contributed by atoms with E-state index in [0.29, 0.717) is 11.3 Å². The number of ether oxygens (including phenoxy) is 3. The normalized spacial score (nSPS) is 17.2. The lowest BCUT2D eigenvalue weighted by Crippen LogP contribution is -2.25. The molecule has 1 heterocycles. The van der Waals surface area contributed by atoms with Gasteiger partial charge in [0.25, 0.3) is 0 Å². The molecule has 3 N–H and O–H groups in total. The molecule has 0 radical (unpaired) electrons. The average Bonchev–Trinajstić information content (AvgIpc) is 2.54. The van der Waals surface area contributed by atoms with Crippen LogP contribution in [-0.2, 0) is 14.3 Å². The fourth-order valence-electron chi connectivity index (χ4n) is 2.56. The second-order valence-electron chi connectivity index (χ2n) is 5.04. The first-order chi connectivity index (χ1) is 11.4. The van der Waals surface area contributed by atoms with Crippen molar-refractivity contribution in [2.75, 3.05) is 13.7 Å². The van der Waals surface area contributed by atoms with E-state index in [1.54, 1.807) is 26.0 Å². The summed E-state index contributed by atoms with van der Waals surface area (Å²) in [6, 6.07) is 6.54. The monoisotopic (exact) mass is 330 g/mol. The quantitative estimate of drug-likeness (QED) is 0.812. The number of carbonyl (C=O) groups is 1. The van der Waals surface area contributed by atoms with Crippen LogP contribution in [0.1, 0.15) is 25.3 Å². The van der Waals surface area contributed by atoms with Crippen molar-refractivity contribution in [1.82, 2.24) is 0 Å². The highest BCUT2D eigenvalue weighted by Crippen LogP contribution is 2.43. The van der Waals surface area contributed by atoms with Crippen molar-refractivity contribution in [3.8, 4) is 17.6 Å². The molecular formula is C17H18N2O5. The third kappa shape index (κ3) is 2.99. The maximum absolute atomic E-state index is 12.4. The summed E-state index contributed by atoms with van der Waals surface area (Å²) in [6.07, 6.45) is 0. The molecule has 1 aromatic carbocycles. The third-order valence-corrected chi connectivity index (χ3v) is 3.65. The van der Waals surface area contributed by atoms with Crippen molar-refractivity contribution >= 4 is 5.97 Å². The standard InChI is InChI=1S/C17H18N2O5/c1-4-23-17(21)14-9(2)24-16(19)12(8-18)15(14)11-6-5-10(22-3)7-13(11)20/h5-7,15,20H,4,19H2,1-3H3. The Balaban J connectivity index is 2.65. The minimum absolute atomic E-state index is 0.0316. The van der Waals surface area contributed by atoms with E-state index in [1.165, 1.54) is 13.2 Å². The van der Waals surface area contributed by atoms with Crippen molar-refractivity contribution in [3.63, 3.8) is 0 Å². The van der Waals surface area contributed by atoms with Gasteiger partial charge in [-0.05, 0) is 19.9 Å². The molecule has 7 nitrogen and oxygen atoms in total. The van der Waals surface area contributed by atoms with Crippen LogP contribution in [0.25, 0.3) is 0 Å². The van der Waals surface area contributed by atoms with Gasteiger partial charge in [0.05, 0.1) is 25.2 Å². The number of allylic oxidation sites excluding steroid dienone is 2. The molecule has 7 heteroatoms. The summed E-state index contributed by atoms with van der Waals surface area (Å²) in [5.41, 5.74) is 6.29. The number of esters is 1. The van der Waals surface area contributed by atoms with Gasteiger partial charge in [0, 0.05) is 11.6 Å². The third-order valence-electron chi connectivity index (χ3n) is 3.65. The topological polar surface area (TPSA) is 115 Å². The van der Waals surface area contributed by atoms with Gasteiger partial charge in [0.15, 0.2) is 0 Å². The summed E-state index contributed by atoms with van der Waals surface area (Å²) in [6.45, 7) is 3.39. The number of hydrogen-bond acceptors (Lipinski definition) is 7. The number of phenols is 1. The van der Waals surface area contributed by atoms with Crippen molar-refractivity contribution < 1.29 is 24.1 Å². The van der Waals surface area contributed by atoms with Crippen LogP contribution in [-0.4, -0.2) is 24.8 Å². The molecule has 1 unspecified atom stereocenters. The lowest BCUT2D eigenvalue weighted by atomic mass is 9.82. The molecule has 2 rings (SSSR count). The Kier molecular flexibility index (Phi) is 4.99. The number of nitrogens with zero attached hydrogens (tertiary/aromatic N) is 1. The first kappa shape index (κ1) is 17.2. The molecule has 0 bridgehead atoms. The van der Waals surface area contributed by atoms with E-state index in [9.17, 15) is 15.2 Å². The van der Waals surface area contributed by atoms with Gasteiger partial charge in [-0.25, -0.2) is 4.79 Å². The molecule has 0 saturated carbocycles. The van der Waals surface area contributed by atoms with Crippen LogP contribution in [0.3, 0.4) is 0 Å². The molecule has 24 heavy (non-hydrogen) atoms. The van der Waals surface area contributed by atoms with E-state index in [4.69, 9.17) is 19.9 Å². The van der Waals surface area contributed by atoms with Crippen LogP contribution in [0.15, 0.2) is 41.0 Å². The Morgan fingerprint density at radius 3 is 2.75 bits per heavy atom. The van der Waals surface area contributed by atoms with Crippen molar-refractivity contribution in [2.24, 2.45) is 5.73 Å². The minimum Gasteiger partial charge on any atom is -0.507 e. The van der Waals surface area contributed by atoms with Gasteiger partial charge < -0.3 is 25.1 Å². The number of benzene rings is 1. The maximum Gasteiger partial charge on any atom is 0.338 e. The summed E-state index contributed by atoms with van der Waals surface area (Å²) < 4.78 is 15.4. The summed E-state index contributed by atoms with van der Waals surface area (Å²) in [4.78, 5) is 12.4. The van der Waals surface area contributed by atoms with E-state index < -0.39 is 11.9 Å². The molecule has 1 aromatic rings. The highest BCUT2D eigenvalue weighted by atomic mass is 16.5. The number of phenolic OH excluding ortho intramolecular Hbond substituents is 1. The number of methoxy groups -OCH3 is 1. The molecule has 0 aliphatic carbocycles. The molecule has 1 atom stereocenters. The highest BCUT2D eigenvalue weighted by molar-refractivity contribution is 5.92. The summed E-state index contributed by atoms with van der Waals surface area (Å²) in [5, 5.41) is 19.8. The molecule has 0 spiro atoms. The van der Waals surface area contributed by atoms with Crippen molar-refractivity contribution in [2.45, 2.75) is 19.8 Å². The lowest BCUT2D eigenvalue weighted by Gasteiger charge is -2.27. The zero-order chi connectivity index (χ0) is 17.9. The van der Waals surface area contributed by atoms with Crippen molar-refractivity contribution in [3.05, 3.63) is 46.6 Å². The Labute approximate surface area is 139 Å². The number of hydrogen-bond donors (Lipinski definition) is 2. The first-order valence-corrected chi connectivity index (χ1v) is 7.26. The first-order valence-electron chi connectivity index (χ1n) is 7.26. The highest BCUT2D eigenvalue weighted by Gasteiger charge is 2.37. The number of aromatic hydroxyl groups is 1. The van der Waals surface area contributed by atoms with Crippen LogP contribution in [0, 0.1) is 11.3 Å². The van der Waals surface area contributed by atoms with Gasteiger partial charge in [-0.3, -0.25) is 0 Å². The Morgan fingerprint density at radius 2 is 2.21 bits per heavy atom. The van der Waals surface area contributed by atoms with Crippen LogP contribution >= 0.6 is 0 Å². The maximum atomic E-state index is 12.4. The van der Waals surface area contributed by atoms with Gasteiger partial charge in [-0.1, -0.05) is 6.07 Å². The van der Waals surface area contributed by atoms with Crippen LogP contribution in [0.4, 0.5) is 0 Å². The molecule has 1 aliphatic heterocycles. The summed E-state index contributed by atoms with van der Waals surface area (Å²) in [5.74, 6) is -1.08. The van der Waals surface area contributed by atoms with E-state index in [1.807, 2.05) is 6.07 Å². The SMILES string of the molecule is CCOC(=O)C1=C(C)OC(N)=C(C#N)C1c1ccc(OC)cc1O. The van der Waals surface area contributed by atoms with Crippen LogP contribution in [0.5, 0.6) is 11.5 Å². The number of nitrogens with two attached hydrogens (primary N) is 1. The number of rotatable bonds is 4. The van der Waals surface area contributed by atoms with Gasteiger partial charge in [-0.15, -0.1) is 0 Å². The summed E-state index contributed by atoms with van der Waals surface area (Å²) in [7, 11) is 1.47. The van der Waals surface area contributed by atoms with E-state index >= 15 is 0 Å². The van der Waals surface area contributed by atoms with Crippen molar-refractivity contribution in [1.29, 1.82) is 5.26 Å². The van der Waals surface area contributed by atoms with Crippen LogP contribution in [0.2, 0.25) is 0 Å². The molecule has 0 saturated heterocycles. The minimum atomic E-state index is -0.881.